The van der Waals surface area contributed by atoms with Gasteiger partial charge in [0, 0.05) is 22.3 Å². The number of nitrogens with one attached hydrogen (secondary N) is 1. The highest BCUT2D eigenvalue weighted by molar-refractivity contribution is 6.30. The number of nitrogens with zero attached hydrogens (tertiary/aromatic N) is 1. The third-order valence-electron chi connectivity index (χ3n) is 6.68. The van der Waals surface area contributed by atoms with Crippen molar-refractivity contribution in [3.63, 3.8) is 0 Å². The molecule has 0 spiro atoms. The summed E-state index contributed by atoms with van der Waals surface area (Å²) in [7, 11) is 1.63. The van der Waals surface area contributed by atoms with Gasteiger partial charge in [-0.15, -0.1) is 0 Å². The zero-order valence-electron chi connectivity index (χ0n) is 19.8. The Labute approximate surface area is 215 Å². The Balaban J connectivity index is 1.60. The van der Waals surface area contributed by atoms with E-state index >= 15 is 0 Å². The van der Waals surface area contributed by atoms with Crippen LogP contribution < -0.4 is 15.0 Å². The predicted octanol–water partition coefficient (Wildman–Crippen LogP) is 6.48. The largest absolute Gasteiger partial charge is 0.508 e. The zero-order chi connectivity index (χ0) is 25.1. The number of amides is 1. The quantitative estimate of drug-likeness (QED) is 0.306. The monoisotopic (exact) mass is 498 g/mol. The average Bonchev–Trinajstić information content (AvgIpc) is 3.17. The van der Waals surface area contributed by atoms with Gasteiger partial charge < -0.3 is 20.1 Å². The number of halogens is 1. The van der Waals surface area contributed by atoms with E-state index in [1.54, 1.807) is 31.4 Å². The Morgan fingerprint density at radius 2 is 1.56 bits per heavy atom. The van der Waals surface area contributed by atoms with E-state index < -0.39 is 6.04 Å². The molecule has 1 fully saturated rings. The van der Waals surface area contributed by atoms with Gasteiger partial charge in [0.05, 0.1) is 13.2 Å². The van der Waals surface area contributed by atoms with Gasteiger partial charge in [-0.2, -0.15) is 0 Å². The second-order valence-electron chi connectivity index (χ2n) is 8.93. The Morgan fingerprint density at radius 3 is 2.19 bits per heavy atom. The summed E-state index contributed by atoms with van der Waals surface area (Å²) in [6.07, 6.45) is 0.697. The molecule has 0 radical (unpaired) electrons. The molecule has 1 heterocycles. The number of ether oxygens (including phenoxy) is 1. The summed E-state index contributed by atoms with van der Waals surface area (Å²) in [5.41, 5.74) is 3.73. The minimum absolute atomic E-state index is 0.0302. The Hall–Kier alpha value is -3.96. The highest BCUT2D eigenvalue weighted by Crippen LogP contribution is 2.44. The van der Waals surface area contributed by atoms with E-state index in [1.165, 1.54) is 0 Å². The summed E-state index contributed by atoms with van der Waals surface area (Å²) in [6, 6.07) is 31.6. The summed E-state index contributed by atoms with van der Waals surface area (Å²) in [5.74, 6) is 0.792. The Bertz CT molecular complexity index is 1310. The molecule has 2 N–H and O–H groups in total. The number of hydrogen-bond acceptors (Lipinski definition) is 4. The fourth-order valence-electron chi connectivity index (χ4n) is 4.95. The molecular formula is C30H27ClN2O3. The van der Waals surface area contributed by atoms with Crippen molar-refractivity contribution in [3.8, 4) is 11.5 Å². The first-order chi connectivity index (χ1) is 17.5. The number of carbonyl (C=O) groups is 1. The first-order valence-electron chi connectivity index (χ1n) is 11.9. The van der Waals surface area contributed by atoms with Crippen LogP contribution in [0.15, 0.2) is 103 Å². The average molecular weight is 499 g/mol. The van der Waals surface area contributed by atoms with E-state index in [4.69, 9.17) is 16.3 Å². The summed E-state index contributed by atoms with van der Waals surface area (Å²) >= 11 is 6.21. The van der Waals surface area contributed by atoms with Crippen molar-refractivity contribution in [1.29, 1.82) is 0 Å². The predicted molar refractivity (Wildman–Crippen MR) is 144 cm³/mol. The number of hydrogen-bond donors (Lipinski definition) is 2. The van der Waals surface area contributed by atoms with Crippen molar-refractivity contribution in [2.45, 2.75) is 18.5 Å². The molecule has 1 aliphatic rings. The van der Waals surface area contributed by atoms with Gasteiger partial charge in [0.1, 0.15) is 17.5 Å². The lowest BCUT2D eigenvalue weighted by atomic mass is 9.85. The van der Waals surface area contributed by atoms with Crippen LogP contribution in [0.5, 0.6) is 11.5 Å². The van der Waals surface area contributed by atoms with Gasteiger partial charge in [-0.25, -0.2) is 0 Å². The second-order valence-corrected chi connectivity index (χ2v) is 9.36. The molecule has 36 heavy (non-hydrogen) atoms. The van der Waals surface area contributed by atoms with Crippen LogP contribution in [0.3, 0.4) is 0 Å². The van der Waals surface area contributed by atoms with Crippen LogP contribution in [0.4, 0.5) is 11.4 Å². The highest BCUT2D eigenvalue weighted by Gasteiger charge is 2.49. The molecule has 5 nitrogen and oxygen atoms in total. The first-order valence-corrected chi connectivity index (χ1v) is 12.2. The smallest absolute Gasteiger partial charge is 0.250 e. The molecule has 3 unspecified atom stereocenters. The lowest BCUT2D eigenvalue weighted by Crippen LogP contribution is -2.35. The number of anilines is 2. The van der Waals surface area contributed by atoms with Crippen LogP contribution >= 0.6 is 11.6 Å². The van der Waals surface area contributed by atoms with Crippen LogP contribution in [0.25, 0.3) is 0 Å². The maximum atomic E-state index is 14.1. The fourth-order valence-corrected chi connectivity index (χ4v) is 5.08. The lowest BCUT2D eigenvalue weighted by Gasteiger charge is -2.29. The number of rotatable bonds is 7. The topological polar surface area (TPSA) is 61.8 Å². The first kappa shape index (κ1) is 23.8. The highest BCUT2D eigenvalue weighted by atomic mass is 35.5. The van der Waals surface area contributed by atoms with Gasteiger partial charge >= 0.3 is 0 Å². The van der Waals surface area contributed by atoms with E-state index in [1.807, 2.05) is 71.6 Å². The molecule has 5 rings (SSSR count). The van der Waals surface area contributed by atoms with Crippen molar-refractivity contribution in [2.75, 3.05) is 17.3 Å². The van der Waals surface area contributed by atoms with Crippen molar-refractivity contribution in [3.05, 3.63) is 119 Å². The maximum Gasteiger partial charge on any atom is 0.250 e. The summed E-state index contributed by atoms with van der Waals surface area (Å²) < 4.78 is 5.30. The number of carbonyl (C=O) groups excluding carboxylic acids is 1. The van der Waals surface area contributed by atoms with Crippen LogP contribution in [0.2, 0.25) is 5.02 Å². The minimum atomic E-state index is -0.479. The molecular weight excluding hydrogens is 472 g/mol. The molecule has 1 aliphatic heterocycles. The summed E-state index contributed by atoms with van der Waals surface area (Å²) in [5, 5.41) is 14.0. The molecule has 0 aliphatic carbocycles. The lowest BCUT2D eigenvalue weighted by molar-refractivity contribution is -0.118. The van der Waals surface area contributed by atoms with Crippen molar-refractivity contribution in [1.82, 2.24) is 0 Å². The van der Waals surface area contributed by atoms with Gasteiger partial charge in [0.25, 0.3) is 0 Å². The molecule has 6 heteroatoms. The number of phenolic OH excluding ortho intramolecular Hbond substituents is 1. The molecule has 0 saturated carbocycles. The molecule has 0 aromatic heterocycles. The molecule has 4 aromatic carbocycles. The van der Waals surface area contributed by atoms with E-state index in [9.17, 15) is 9.90 Å². The maximum absolute atomic E-state index is 14.1. The summed E-state index contributed by atoms with van der Waals surface area (Å²) in [4.78, 5) is 16.0. The normalized spacial score (nSPS) is 19.3. The molecule has 1 amide bonds. The molecule has 0 bridgehead atoms. The van der Waals surface area contributed by atoms with Crippen LogP contribution in [-0.4, -0.2) is 24.2 Å². The number of phenols is 1. The zero-order valence-corrected chi connectivity index (χ0v) is 20.6. The van der Waals surface area contributed by atoms with Crippen molar-refractivity contribution < 1.29 is 14.6 Å². The van der Waals surface area contributed by atoms with E-state index in [2.05, 4.69) is 17.4 Å². The van der Waals surface area contributed by atoms with Gasteiger partial charge in [0.2, 0.25) is 5.91 Å². The number of aromatic hydroxyl groups is 1. The molecule has 1 saturated heterocycles. The van der Waals surface area contributed by atoms with Crippen molar-refractivity contribution in [2.24, 2.45) is 5.92 Å². The van der Waals surface area contributed by atoms with Crippen molar-refractivity contribution >= 4 is 28.9 Å². The van der Waals surface area contributed by atoms with Crippen LogP contribution in [0, 0.1) is 5.92 Å². The van der Waals surface area contributed by atoms with Gasteiger partial charge in [-0.3, -0.25) is 4.79 Å². The standard InChI is InChI=1S/C30H27ClN2O3/c1-36-26-17-11-23(12-18-26)32-28-27(19-20-5-3-2-4-6-20)29(21-7-9-22(31)10-8-21)33(30(28)35)24-13-15-25(34)16-14-24/h2-18,27-29,32,34H,19H2,1H3. The summed E-state index contributed by atoms with van der Waals surface area (Å²) in [6.45, 7) is 0. The third kappa shape index (κ3) is 4.88. The number of benzene rings is 4. The fraction of sp³-hybridized carbons (Fsp3) is 0.167. The molecule has 4 aromatic rings. The van der Waals surface area contributed by atoms with E-state index in [0.717, 1.165) is 28.3 Å². The Kier molecular flexibility index (Phi) is 6.83. The molecule has 3 atom stereocenters. The SMILES string of the molecule is COc1ccc(NC2C(=O)N(c3ccc(O)cc3)C(c3ccc(Cl)cc3)C2Cc2ccccc2)cc1. The van der Waals surface area contributed by atoms with Gasteiger partial charge in [-0.1, -0.05) is 54.1 Å². The third-order valence-corrected chi connectivity index (χ3v) is 6.93. The van der Waals surface area contributed by atoms with Gasteiger partial charge in [-0.05, 0) is 78.2 Å². The van der Waals surface area contributed by atoms with Crippen LogP contribution in [0.1, 0.15) is 17.2 Å². The van der Waals surface area contributed by atoms with E-state index in [-0.39, 0.29) is 23.6 Å². The number of methoxy groups -OCH3 is 1. The molecule has 182 valence electrons. The minimum Gasteiger partial charge on any atom is -0.508 e. The van der Waals surface area contributed by atoms with Gasteiger partial charge in [0.15, 0.2) is 0 Å². The second kappa shape index (κ2) is 10.3. The van der Waals surface area contributed by atoms with Crippen LogP contribution in [-0.2, 0) is 11.2 Å². The van der Waals surface area contributed by atoms with E-state index in [0.29, 0.717) is 11.4 Å². The Morgan fingerprint density at radius 1 is 0.889 bits per heavy atom.